The topological polar surface area (TPSA) is 52.8 Å². The monoisotopic (exact) mass is 224 g/mol. The van der Waals surface area contributed by atoms with E-state index in [4.69, 9.17) is 4.74 Å². The van der Waals surface area contributed by atoms with Crippen LogP contribution in [0.15, 0.2) is 6.33 Å². The third kappa shape index (κ3) is 1.60. The maximum absolute atomic E-state index is 13.2. The molecule has 0 atom stereocenters. The van der Waals surface area contributed by atoms with Gasteiger partial charge in [-0.3, -0.25) is 0 Å². The SMILES string of the molecule is COc1nc(F)nc2c1ncn2C(C)(C)C. The van der Waals surface area contributed by atoms with Crippen LogP contribution in [0.1, 0.15) is 20.8 Å². The quantitative estimate of drug-likeness (QED) is 0.692. The molecule has 0 bridgehead atoms. The molecule has 0 saturated heterocycles. The summed E-state index contributed by atoms with van der Waals surface area (Å²) in [5.41, 5.74) is 0.691. The van der Waals surface area contributed by atoms with E-state index >= 15 is 0 Å². The first-order chi connectivity index (χ1) is 7.43. The lowest BCUT2D eigenvalue weighted by Crippen LogP contribution is -2.21. The largest absolute Gasteiger partial charge is 0.479 e. The van der Waals surface area contributed by atoms with Gasteiger partial charge >= 0.3 is 6.08 Å². The summed E-state index contributed by atoms with van der Waals surface area (Å²) in [6.07, 6.45) is 0.803. The minimum atomic E-state index is -0.810. The van der Waals surface area contributed by atoms with Gasteiger partial charge in [-0.1, -0.05) is 0 Å². The van der Waals surface area contributed by atoms with Crippen molar-refractivity contribution in [3.63, 3.8) is 0 Å². The molecule has 0 aliphatic heterocycles. The second-order valence-electron chi connectivity index (χ2n) is 4.46. The maximum atomic E-state index is 13.2. The van der Waals surface area contributed by atoms with Crippen molar-refractivity contribution in [2.45, 2.75) is 26.3 Å². The molecule has 0 aliphatic rings. The highest BCUT2D eigenvalue weighted by Crippen LogP contribution is 2.25. The van der Waals surface area contributed by atoms with E-state index in [9.17, 15) is 4.39 Å². The number of halogens is 1. The zero-order chi connectivity index (χ0) is 11.9. The molecule has 2 rings (SSSR count). The number of hydrogen-bond acceptors (Lipinski definition) is 4. The molecule has 6 heteroatoms. The lowest BCUT2D eigenvalue weighted by atomic mass is 10.1. The molecule has 0 fully saturated rings. The Kier molecular flexibility index (Phi) is 2.29. The van der Waals surface area contributed by atoms with Gasteiger partial charge in [-0.25, -0.2) is 4.98 Å². The van der Waals surface area contributed by atoms with E-state index < -0.39 is 6.08 Å². The molecule has 2 heterocycles. The molecule has 0 radical (unpaired) electrons. The Hall–Kier alpha value is -1.72. The fourth-order valence-electron chi connectivity index (χ4n) is 1.48. The van der Waals surface area contributed by atoms with E-state index in [1.54, 1.807) is 10.9 Å². The van der Waals surface area contributed by atoms with Gasteiger partial charge in [-0.05, 0) is 20.8 Å². The number of ether oxygens (including phenoxy) is 1. The second kappa shape index (κ2) is 3.40. The molecule has 0 spiro atoms. The Balaban J connectivity index is 2.77. The van der Waals surface area contributed by atoms with E-state index in [1.807, 2.05) is 20.8 Å². The molecular formula is C10H13FN4O. The van der Waals surface area contributed by atoms with Crippen molar-refractivity contribution < 1.29 is 9.13 Å². The maximum Gasteiger partial charge on any atom is 0.314 e. The van der Waals surface area contributed by atoms with Gasteiger partial charge in [0.2, 0.25) is 5.88 Å². The summed E-state index contributed by atoms with van der Waals surface area (Å²) >= 11 is 0. The highest BCUT2D eigenvalue weighted by Gasteiger charge is 2.20. The summed E-state index contributed by atoms with van der Waals surface area (Å²) in [6.45, 7) is 5.96. The Morgan fingerprint density at radius 3 is 2.56 bits per heavy atom. The van der Waals surface area contributed by atoms with Gasteiger partial charge in [-0.15, -0.1) is 0 Å². The summed E-state index contributed by atoms with van der Waals surface area (Å²) in [5.74, 6) is 0.158. The highest BCUT2D eigenvalue weighted by molar-refractivity contribution is 5.76. The van der Waals surface area contributed by atoms with E-state index in [2.05, 4.69) is 15.0 Å². The average molecular weight is 224 g/mol. The first-order valence-electron chi connectivity index (χ1n) is 4.88. The number of hydrogen-bond donors (Lipinski definition) is 0. The minimum Gasteiger partial charge on any atom is -0.479 e. The van der Waals surface area contributed by atoms with E-state index in [1.165, 1.54) is 7.11 Å². The lowest BCUT2D eigenvalue weighted by Gasteiger charge is -2.20. The standard InChI is InChI=1S/C10H13FN4O/c1-10(2,3)15-5-12-6-7(15)13-9(11)14-8(6)16-4/h5H,1-4H3. The van der Waals surface area contributed by atoms with E-state index in [-0.39, 0.29) is 11.4 Å². The fourth-order valence-corrected chi connectivity index (χ4v) is 1.48. The van der Waals surface area contributed by atoms with Crippen molar-refractivity contribution >= 4 is 11.2 Å². The number of imidazole rings is 1. The minimum absolute atomic E-state index is 0.158. The number of methoxy groups -OCH3 is 1. The normalized spacial score (nSPS) is 12.1. The smallest absolute Gasteiger partial charge is 0.314 e. The molecule has 0 unspecified atom stereocenters. The molecule has 2 aromatic heterocycles. The summed E-state index contributed by atoms with van der Waals surface area (Å²) in [5, 5.41) is 0. The van der Waals surface area contributed by atoms with Gasteiger partial charge in [0.25, 0.3) is 0 Å². The van der Waals surface area contributed by atoms with Crippen molar-refractivity contribution in [1.29, 1.82) is 0 Å². The number of fused-ring (bicyclic) bond motifs is 1. The molecule has 0 amide bonds. The Morgan fingerprint density at radius 1 is 1.31 bits per heavy atom. The zero-order valence-electron chi connectivity index (χ0n) is 9.65. The molecule has 86 valence electrons. The van der Waals surface area contributed by atoms with Crippen LogP contribution in [-0.2, 0) is 5.54 Å². The Labute approximate surface area is 92.3 Å². The lowest BCUT2D eigenvalue weighted by molar-refractivity contribution is 0.384. The number of nitrogens with zero attached hydrogens (tertiary/aromatic N) is 4. The predicted molar refractivity (Wildman–Crippen MR) is 56.8 cm³/mol. The molecule has 0 aliphatic carbocycles. The van der Waals surface area contributed by atoms with Gasteiger partial charge in [0.1, 0.15) is 0 Å². The van der Waals surface area contributed by atoms with Crippen molar-refractivity contribution in [1.82, 2.24) is 19.5 Å². The van der Waals surface area contributed by atoms with Crippen LogP contribution in [0, 0.1) is 6.08 Å². The first-order valence-corrected chi connectivity index (χ1v) is 4.88. The molecule has 0 N–H and O–H groups in total. The van der Waals surface area contributed by atoms with Gasteiger partial charge < -0.3 is 9.30 Å². The molecule has 16 heavy (non-hydrogen) atoms. The van der Waals surface area contributed by atoms with Crippen molar-refractivity contribution in [2.24, 2.45) is 0 Å². The molecule has 5 nitrogen and oxygen atoms in total. The molecule has 0 aromatic carbocycles. The van der Waals surface area contributed by atoms with Crippen LogP contribution in [0.5, 0.6) is 5.88 Å². The van der Waals surface area contributed by atoms with Crippen molar-refractivity contribution in [3.05, 3.63) is 12.4 Å². The van der Waals surface area contributed by atoms with Gasteiger partial charge in [0, 0.05) is 5.54 Å². The molecule has 0 saturated carbocycles. The number of rotatable bonds is 1. The predicted octanol–water partition coefficient (Wildman–Crippen LogP) is 1.73. The zero-order valence-corrected chi connectivity index (χ0v) is 9.65. The number of aromatic nitrogens is 4. The van der Waals surface area contributed by atoms with E-state index in [0.717, 1.165) is 0 Å². The van der Waals surface area contributed by atoms with Crippen molar-refractivity contribution in [2.75, 3.05) is 7.11 Å². The van der Waals surface area contributed by atoms with Crippen LogP contribution in [-0.4, -0.2) is 26.6 Å². The van der Waals surface area contributed by atoms with Crippen LogP contribution in [0.25, 0.3) is 11.2 Å². The Bertz CT molecular complexity index is 529. The van der Waals surface area contributed by atoms with E-state index in [0.29, 0.717) is 11.2 Å². The Morgan fingerprint density at radius 2 is 2.00 bits per heavy atom. The van der Waals surface area contributed by atoms with Gasteiger partial charge in [0.05, 0.1) is 13.4 Å². The van der Waals surface area contributed by atoms with Crippen LogP contribution >= 0.6 is 0 Å². The third-order valence-corrected chi connectivity index (χ3v) is 2.25. The summed E-state index contributed by atoms with van der Waals surface area (Å²) in [4.78, 5) is 11.4. The molecular weight excluding hydrogens is 211 g/mol. The first kappa shape index (κ1) is 10.8. The second-order valence-corrected chi connectivity index (χ2v) is 4.46. The van der Waals surface area contributed by atoms with Gasteiger partial charge in [-0.2, -0.15) is 14.4 Å². The van der Waals surface area contributed by atoms with Crippen LogP contribution < -0.4 is 4.74 Å². The third-order valence-electron chi connectivity index (χ3n) is 2.25. The molecule has 2 aromatic rings. The summed E-state index contributed by atoms with van der Waals surface area (Å²) < 4.78 is 19.9. The van der Waals surface area contributed by atoms with Crippen molar-refractivity contribution in [3.8, 4) is 5.88 Å². The summed E-state index contributed by atoms with van der Waals surface area (Å²) in [7, 11) is 1.43. The van der Waals surface area contributed by atoms with Crippen LogP contribution in [0.2, 0.25) is 0 Å². The highest BCUT2D eigenvalue weighted by atomic mass is 19.1. The van der Waals surface area contributed by atoms with Crippen LogP contribution in [0.3, 0.4) is 0 Å². The summed E-state index contributed by atoms with van der Waals surface area (Å²) in [6, 6.07) is 0. The van der Waals surface area contributed by atoms with Gasteiger partial charge in [0.15, 0.2) is 11.2 Å². The van der Waals surface area contributed by atoms with Crippen LogP contribution in [0.4, 0.5) is 4.39 Å². The average Bonchev–Trinajstić information content (AvgIpc) is 2.58. The fraction of sp³-hybridized carbons (Fsp3) is 0.500.